The lowest BCUT2D eigenvalue weighted by molar-refractivity contribution is 0.993. The second-order valence-electron chi connectivity index (χ2n) is 2.72. The summed E-state index contributed by atoms with van der Waals surface area (Å²) < 4.78 is 0. The average molecular weight is 186 g/mol. The van der Waals surface area contributed by atoms with Crippen LogP contribution >= 0.6 is 0 Å². The van der Waals surface area contributed by atoms with Crippen LogP contribution in [-0.2, 0) is 6.42 Å². The molecule has 0 radical (unpaired) electrons. The van der Waals surface area contributed by atoms with E-state index in [0.29, 0.717) is 16.9 Å². The quantitative estimate of drug-likeness (QED) is 0.698. The van der Waals surface area contributed by atoms with Crippen LogP contribution in [-0.4, -0.2) is 15.0 Å². The van der Waals surface area contributed by atoms with Gasteiger partial charge in [-0.25, -0.2) is 9.97 Å². The third-order valence-corrected chi connectivity index (χ3v) is 1.76. The minimum absolute atomic E-state index is 0.0973. The second kappa shape index (κ2) is 3.26. The first-order chi connectivity index (χ1) is 6.81. The molecule has 1 N–H and O–H groups in total. The summed E-state index contributed by atoms with van der Waals surface area (Å²) in [4.78, 5) is 21.9. The van der Waals surface area contributed by atoms with Crippen molar-refractivity contribution in [3.05, 3.63) is 34.5 Å². The molecule has 0 saturated carbocycles. The summed E-state index contributed by atoms with van der Waals surface area (Å²) in [5.41, 5.74) is 0.511. The number of fused-ring (bicyclic) bond motifs is 1. The highest BCUT2D eigenvalue weighted by Crippen LogP contribution is 2.01. The van der Waals surface area contributed by atoms with Gasteiger partial charge in [-0.05, 0) is 12.1 Å². The minimum atomic E-state index is -0.305. The normalized spacial score (nSPS) is 9.93. The lowest BCUT2D eigenvalue weighted by Gasteiger charge is -1.97. The number of rotatable bonds is 1. The molecule has 0 bridgehead atoms. The number of nitrogens with zero attached hydrogens (tertiary/aromatic N) is 3. The van der Waals surface area contributed by atoms with Gasteiger partial charge in [0.1, 0.15) is 5.82 Å². The van der Waals surface area contributed by atoms with Crippen molar-refractivity contribution >= 4 is 11.0 Å². The molecule has 2 heterocycles. The number of H-pyrrole nitrogens is 1. The van der Waals surface area contributed by atoms with Gasteiger partial charge >= 0.3 is 0 Å². The smallest absolute Gasteiger partial charge is 0.277 e. The molecule has 0 aliphatic heterocycles. The predicted molar refractivity (Wildman–Crippen MR) is 49.5 cm³/mol. The zero-order valence-corrected chi connectivity index (χ0v) is 7.19. The van der Waals surface area contributed by atoms with Gasteiger partial charge in [0, 0.05) is 6.20 Å². The van der Waals surface area contributed by atoms with E-state index in [9.17, 15) is 4.79 Å². The molecule has 68 valence electrons. The fourth-order valence-corrected chi connectivity index (χ4v) is 1.18. The number of hydrogen-bond donors (Lipinski definition) is 1. The first-order valence-electron chi connectivity index (χ1n) is 4.02. The number of aromatic amines is 1. The van der Waals surface area contributed by atoms with Gasteiger partial charge in [0.15, 0.2) is 5.52 Å². The highest BCUT2D eigenvalue weighted by molar-refractivity contribution is 5.72. The van der Waals surface area contributed by atoms with E-state index >= 15 is 0 Å². The third-order valence-electron chi connectivity index (χ3n) is 1.76. The zero-order valence-electron chi connectivity index (χ0n) is 7.19. The Labute approximate surface area is 79.1 Å². The fraction of sp³-hybridized carbons (Fsp3) is 0.111. The first kappa shape index (κ1) is 8.38. The van der Waals surface area contributed by atoms with Gasteiger partial charge in [-0.2, -0.15) is 5.26 Å². The summed E-state index contributed by atoms with van der Waals surface area (Å²) >= 11 is 0. The molecule has 0 aliphatic rings. The second-order valence-corrected chi connectivity index (χ2v) is 2.72. The molecule has 2 aromatic rings. The molecule has 0 atom stereocenters. The molecule has 2 rings (SSSR count). The first-order valence-corrected chi connectivity index (χ1v) is 4.02. The van der Waals surface area contributed by atoms with Gasteiger partial charge in [-0.15, -0.1) is 0 Å². The molecule has 5 nitrogen and oxygen atoms in total. The van der Waals surface area contributed by atoms with Gasteiger partial charge < -0.3 is 4.98 Å². The maximum Gasteiger partial charge on any atom is 0.277 e. The molecule has 14 heavy (non-hydrogen) atoms. The number of pyridine rings is 1. The van der Waals surface area contributed by atoms with Crippen molar-refractivity contribution in [3.63, 3.8) is 0 Å². The van der Waals surface area contributed by atoms with E-state index in [0.717, 1.165) is 0 Å². The van der Waals surface area contributed by atoms with E-state index in [1.165, 1.54) is 6.20 Å². The highest BCUT2D eigenvalue weighted by atomic mass is 16.1. The fourth-order valence-electron chi connectivity index (χ4n) is 1.18. The Hall–Kier alpha value is -2.22. The number of aromatic nitrogens is 3. The van der Waals surface area contributed by atoms with Crippen molar-refractivity contribution in [1.29, 1.82) is 5.26 Å². The van der Waals surface area contributed by atoms with Crippen LogP contribution in [0.25, 0.3) is 11.0 Å². The van der Waals surface area contributed by atoms with Crippen LogP contribution in [0.2, 0.25) is 0 Å². The van der Waals surface area contributed by atoms with E-state index in [4.69, 9.17) is 5.26 Å². The minimum Gasteiger partial charge on any atom is -0.308 e. The van der Waals surface area contributed by atoms with Crippen molar-refractivity contribution in [2.75, 3.05) is 0 Å². The lowest BCUT2D eigenvalue weighted by Crippen LogP contribution is -2.12. The zero-order chi connectivity index (χ0) is 9.97. The van der Waals surface area contributed by atoms with Gasteiger partial charge in [0.05, 0.1) is 18.0 Å². The van der Waals surface area contributed by atoms with E-state index < -0.39 is 0 Å². The summed E-state index contributed by atoms with van der Waals surface area (Å²) in [5, 5.41) is 8.45. The monoisotopic (exact) mass is 186 g/mol. The molecule has 5 heteroatoms. The maximum atomic E-state index is 11.4. The molecule has 0 amide bonds. The van der Waals surface area contributed by atoms with Gasteiger partial charge in [0.2, 0.25) is 0 Å². The van der Waals surface area contributed by atoms with Gasteiger partial charge in [0.25, 0.3) is 5.56 Å². The van der Waals surface area contributed by atoms with Crippen LogP contribution in [0.5, 0.6) is 0 Å². The summed E-state index contributed by atoms with van der Waals surface area (Å²) in [6.45, 7) is 0. The Kier molecular flexibility index (Phi) is 1.95. The molecule has 2 aromatic heterocycles. The van der Waals surface area contributed by atoms with Crippen molar-refractivity contribution in [2.45, 2.75) is 6.42 Å². The topological polar surface area (TPSA) is 82.4 Å². The van der Waals surface area contributed by atoms with Crippen molar-refractivity contribution < 1.29 is 0 Å². The summed E-state index contributed by atoms with van der Waals surface area (Å²) in [6, 6.07) is 5.32. The van der Waals surface area contributed by atoms with E-state index in [-0.39, 0.29) is 12.0 Å². The molecule has 0 fully saturated rings. The maximum absolute atomic E-state index is 11.4. The molecular weight excluding hydrogens is 180 g/mol. The molecule has 0 unspecified atom stereocenters. The molecule has 0 spiro atoms. The third kappa shape index (κ3) is 1.33. The Morgan fingerprint density at radius 2 is 2.43 bits per heavy atom. The van der Waals surface area contributed by atoms with Crippen molar-refractivity contribution in [2.24, 2.45) is 0 Å². The van der Waals surface area contributed by atoms with Crippen LogP contribution in [0, 0.1) is 11.3 Å². The molecule has 0 aliphatic carbocycles. The van der Waals surface area contributed by atoms with Crippen LogP contribution in [0.3, 0.4) is 0 Å². The molecule has 0 saturated heterocycles. The average Bonchev–Trinajstić information content (AvgIpc) is 2.18. The Morgan fingerprint density at radius 1 is 1.57 bits per heavy atom. The number of nitriles is 1. The van der Waals surface area contributed by atoms with Gasteiger partial charge in [-0.1, -0.05) is 0 Å². The molecular formula is C9H6N4O. The Balaban J connectivity index is 2.74. The largest absolute Gasteiger partial charge is 0.308 e. The molecule has 0 aromatic carbocycles. The highest BCUT2D eigenvalue weighted by Gasteiger charge is 2.02. The van der Waals surface area contributed by atoms with E-state index in [1.807, 2.05) is 6.07 Å². The summed E-state index contributed by atoms with van der Waals surface area (Å²) in [7, 11) is 0. The summed E-state index contributed by atoms with van der Waals surface area (Å²) in [5.74, 6) is 0.373. The van der Waals surface area contributed by atoms with Gasteiger partial charge in [-0.3, -0.25) is 4.79 Å². The van der Waals surface area contributed by atoms with Crippen molar-refractivity contribution in [1.82, 2.24) is 15.0 Å². The number of nitrogens with one attached hydrogen (secondary N) is 1. The van der Waals surface area contributed by atoms with E-state index in [2.05, 4.69) is 15.0 Å². The Bertz CT molecular complexity index is 567. The standard InChI is InChI=1S/C9H6N4O/c10-4-3-7-12-6-2-1-5-11-8(6)9(14)13-7/h1-2,5H,3H2,(H,12,13,14). The Morgan fingerprint density at radius 3 is 3.21 bits per heavy atom. The van der Waals surface area contributed by atoms with Crippen LogP contribution in [0.15, 0.2) is 23.1 Å². The van der Waals surface area contributed by atoms with Crippen LogP contribution < -0.4 is 5.56 Å². The van der Waals surface area contributed by atoms with Crippen LogP contribution in [0.1, 0.15) is 5.82 Å². The lowest BCUT2D eigenvalue weighted by atomic mass is 10.3. The van der Waals surface area contributed by atoms with E-state index in [1.54, 1.807) is 12.1 Å². The van der Waals surface area contributed by atoms with Crippen molar-refractivity contribution in [3.8, 4) is 6.07 Å². The van der Waals surface area contributed by atoms with Crippen LogP contribution in [0.4, 0.5) is 0 Å². The summed E-state index contributed by atoms with van der Waals surface area (Å²) in [6.07, 6.45) is 1.63. The SMILES string of the molecule is N#CCc1nc2cccnc2c(=O)[nH]1. The predicted octanol–water partition coefficient (Wildman–Crippen LogP) is 0.384. The number of hydrogen-bond acceptors (Lipinski definition) is 4.